The van der Waals surface area contributed by atoms with E-state index >= 15 is 0 Å². The van der Waals surface area contributed by atoms with Crippen LogP contribution in [0.3, 0.4) is 0 Å². The van der Waals surface area contributed by atoms with E-state index in [1.54, 1.807) is 37.3 Å². The smallest absolute Gasteiger partial charge is 0.268 e. The predicted octanol–water partition coefficient (Wildman–Crippen LogP) is 3.40. The van der Waals surface area contributed by atoms with Crippen molar-refractivity contribution >= 4 is 34.8 Å². The van der Waals surface area contributed by atoms with E-state index in [1.807, 2.05) is 19.1 Å². The summed E-state index contributed by atoms with van der Waals surface area (Å²) in [4.78, 5) is 26.2. The summed E-state index contributed by atoms with van der Waals surface area (Å²) >= 11 is 6.13. The van der Waals surface area contributed by atoms with E-state index in [9.17, 15) is 9.59 Å². The Morgan fingerprint density at radius 2 is 2.04 bits per heavy atom. The zero-order valence-corrected chi connectivity index (χ0v) is 14.1. The molecule has 0 bridgehead atoms. The number of para-hydroxylation sites is 2. The van der Waals surface area contributed by atoms with Gasteiger partial charge < -0.3 is 10.1 Å². The summed E-state index contributed by atoms with van der Waals surface area (Å²) in [6.07, 6.45) is -0.629. The molecule has 0 spiro atoms. The number of carbonyl (C=O) groups excluding carboxylic acids is 2. The molecule has 2 aromatic carbocycles. The zero-order chi connectivity index (χ0) is 17.3. The lowest BCUT2D eigenvalue weighted by atomic mass is 10.2. The Hall–Kier alpha value is -2.53. The average molecular weight is 345 g/mol. The molecule has 1 N–H and O–H groups in total. The number of halogens is 1. The summed E-state index contributed by atoms with van der Waals surface area (Å²) in [5.74, 6) is 0.0163. The van der Waals surface area contributed by atoms with Crippen LogP contribution in [0, 0.1) is 6.92 Å². The van der Waals surface area contributed by atoms with Crippen LogP contribution in [-0.4, -0.2) is 24.5 Å². The predicted molar refractivity (Wildman–Crippen MR) is 93.7 cm³/mol. The van der Waals surface area contributed by atoms with Crippen LogP contribution in [0.1, 0.15) is 12.5 Å². The van der Waals surface area contributed by atoms with Gasteiger partial charge in [-0.15, -0.1) is 0 Å². The first kappa shape index (κ1) is 16.3. The standard InChI is InChI=1S/C18H17ClN2O3/c1-11-7-8-14(13(19)9-11)20-17(22)10-21-15-5-3-4-6-16(15)24-12(2)18(21)23/h3-9,12H,10H2,1-2H3,(H,20,22). The highest BCUT2D eigenvalue weighted by atomic mass is 35.5. The highest BCUT2D eigenvalue weighted by molar-refractivity contribution is 6.33. The monoisotopic (exact) mass is 344 g/mol. The molecular formula is C18H17ClN2O3. The summed E-state index contributed by atoms with van der Waals surface area (Å²) in [6.45, 7) is 3.48. The van der Waals surface area contributed by atoms with Crippen molar-refractivity contribution in [3.8, 4) is 5.75 Å². The highest BCUT2D eigenvalue weighted by Gasteiger charge is 2.32. The molecule has 1 atom stereocenters. The maximum Gasteiger partial charge on any atom is 0.268 e. The molecule has 124 valence electrons. The molecule has 1 aliphatic heterocycles. The normalized spacial score (nSPS) is 16.4. The molecule has 0 aromatic heterocycles. The Morgan fingerprint density at radius 3 is 2.79 bits per heavy atom. The minimum Gasteiger partial charge on any atom is -0.479 e. The van der Waals surface area contributed by atoms with Gasteiger partial charge in [0.15, 0.2) is 6.10 Å². The van der Waals surface area contributed by atoms with Crippen LogP contribution < -0.4 is 15.0 Å². The van der Waals surface area contributed by atoms with Crippen LogP contribution in [0.5, 0.6) is 5.75 Å². The minimum absolute atomic E-state index is 0.103. The fourth-order valence-electron chi connectivity index (χ4n) is 2.58. The van der Waals surface area contributed by atoms with Gasteiger partial charge in [0.1, 0.15) is 12.3 Å². The number of anilines is 2. The summed E-state index contributed by atoms with van der Waals surface area (Å²) in [5.41, 5.74) is 2.11. The minimum atomic E-state index is -0.629. The summed E-state index contributed by atoms with van der Waals surface area (Å²) in [6, 6.07) is 12.5. The molecule has 2 amide bonds. The van der Waals surface area contributed by atoms with Crippen molar-refractivity contribution in [1.29, 1.82) is 0 Å². The van der Waals surface area contributed by atoms with Gasteiger partial charge in [0, 0.05) is 0 Å². The third kappa shape index (κ3) is 3.21. The number of nitrogens with zero attached hydrogens (tertiary/aromatic N) is 1. The first-order valence-corrected chi connectivity index (χ1v) is 7.96. The number of nitrogens with one attached hydrogen (secondary N) is 1. The maximum atomic E-state index is 12.4. The molecule has 0 aliphatic carbocycles. The lowest BCUT2D eigenvalue weighted by Gasteiger charge is -2.32. The molecule has 3 rings (SSSR count). The second-order valence-corrected chi connectivity index (χ2v) is 6.09. The van der Waals surface area contributed by atoms with Crippen LogP contribution in [0.25, 0.3) is 0 Å². The molecule has 0 saturated heterocycles. The van der Waals surface area contributed by atoms with Gasteiger partial charge in [-0.3, -0.25) is 14.5 Å². The van der Waals surface area contributed by atoms with Crippen LogP contribution >= 0.6 is 11.6 Å². The first-order valence-electron chi connectivity index (χ1n) is 7.59. The SMILES string of the molecule is Cc1ccc(NC(=O)CN2C(=O)C(C)Oc3ccccc32)c(Cl)c1. The van der Waals surface area contributed by atoms with E-state index in [4.69, 9.17) is 16.3 Å². The molecule has 1 heterocycles. The van der Waals surface area contributed by atoms with Crippen LogP contribution in [0.15, 0.2) is 42.5 Å². The van der Waals surface area contributed by atoms with Gasteiger partial charge in [-0.2, -0.15) is 0 Å². The van der Waals surface area contributed by atoms with Gasteiger partial charge >= 0.3 is 0 Å². The molecule has 2 aromatic rings. The van der Waals surface area contributed by atoms with Gasteiger partial charge in [0.05, 0.1) is 16.4 Å². The number of fused-ring (bicyclic) bond motifs is 1. The Balaban J connectivity index is 1.79. The lowest BCUT2D eigenvalue weighted by molar-refractivity contribution is -0.127. The van der Waals surface area contributed by atoms with Gasteiger partial charge in [0.25, 0.3) is 5.91 Å². The second kappa shape index (κ2) is 6.53. The fraction of sp³-hybridized carbons (Fsp3) is 0.222. The van der Waals surface area contributed by atoms with Gasteiger partial charge in [-0.25, -0.2) is 0 Å². The van der Waals surface area contributed by atoms with E-state index in [2.05, 4.69) is 5.32 Å². The van der Waals surface area contributed by atoms with Crippen molar-refractivity contribution in [1.82, 2.24) is 0 Å². The average Bonchev–Trinajstić information content (AvgIpc) is 2.54. The second-order valence-electron chi connectivity index (χ2n) is 5.68. The first-order chi connectivity index (χ1) is 11.5. The number of carbonyl (C=O) groups is 2. The molecule has 1 unspecified atom stereocenters. The van der Waals surface area contributed by atoms with Crippen LogP contribution in [-0.2, 0) is 9.59 Å². The van der Waals surface area contributed by atoms with Gasteiger partial charge in [-0.05, 0) is 43.7 Å². The molecule has 0 saturated carbocycles. The molecule has 0 radical (unpaired) electrons. The molecule has 6 heteroatoms. The number of ether oxygens (including phenoxy) is 1. The molecule has 0 fully saturated rings. The van der Waals surface area contributed by atoms with Crippen molar-refractivity contribution in [2.75, 3.05) is 16.8 Å². The Labute approximate surface area is 145 Å². The Morgan fingerprint density at radius 1 is 1.29 bits per heavy atom. The largest absolute Gasteiger partial charge is 0.479 e. The Kier molecular flexibility index (Phi) is 4.44. The van der Waals surface area contributed by atoms with E-state index in [-0.39, 0.29) is 18.4 Å². The third-order valence-corrected chi connectivity index (χ3v) is 4.09. The summed E-state index contributed by atoms with van der Waals surface area (Å²) < 4.78 is 5.56. The fourth-order valence-corrected chi connectivity index (χ4v) is 2.86. The van der Waals surface area contributed by atoms with Gasteiger partial charge in [-0.1, -0.05) is 29.8 Å². The molecule has 5 nitrogen and oxygen atoms in total. The molecule has 1 aliphatic rings. The number of benzene rings is 2. The Bertz CT molecular complexity index is 807. The van der Waals surface area contributed by atoms with E-state index in [0.717, 1.165) is 5.56 Å². The molecular weight excluding hydrogens is 328 g/mol. The number of aryl methyl sites for hydroxylation is 1. The molecule has 24 heavy (non-hydrogen) atoms. The zero-order valence-electron chi connectivity index (χ0n) is 13.4. The van der Waals surface area contributed by atoms with Crippen molar-refractivity contribution in [2.45, 2.75) is 20.0 Å². The number of hydrogen-bond acceptors (Lipinski definition) is 3. The van der Waals surface area contributed by atoms with Crippen LogP contribution in [0.4, 0.5) is 11.4 Å². The van der Waals surface area contributed by atoms with E-state index < -0.39 is 6.10 Å². The topological polar surface area (TPSA) is 58.6 Å². The number of hydrogen-bond donors (Lipinski definition) is 1. The van der Waals surface area contributed by atoms with Crippen molar-refractivity contribution < 1.29 is 14.3 Å². The van der Waals surface area contributed by atoms with E-state index in [0.29, 0.717) is 22.1 Å². The number of amides is 2. The van der Waals surface area contributed by atoms with E-state index in [1.165, 1.54) is 4.90 Å². The lowest BCUT2D eigenvalue weighted by Crippen LogP contribution is -2.47. The van der Waals surface area contributed by atoms with Crippen molar-refractivity contribution in [2.24, 2.45) is 0 Å². The third-order valence-electron chi connectivity index (χ3n) is 3.77. The quantitative estimate of drug-likeness (QED) is 0.928. The summed E-state index contributed by atoms with van der Waals surface area (Å²) in [5, 5.41) is 3.21. The van der Waals surface area contributed by atoms with Gasteiger partial charge in [0.2, 0.25) is 5.91 Å². The van der Waals surface area contributed by atoms with Crippen molar-refractivity contribution in [3.05, 3.63) is 53.1 Å². The highest BCUT2D eigenvalue weighted by Crippen LogP contribution is 2.33. The van der Waals surface area contributed by atoms with Crippen molar-refractivity contribution in [3.63, 3.8) is 0 Å². The van der Waals surface area contributed by atoms with Crippen LogP contribution in [0.2, 0.25) is 5.02 Å². The summed E-state index contributed by atoms with van der Waals surface area (Å²) in [7, 11) is 0. The maximum absolute atomic E-state index is 12.4. The number of rotatable bonds is 3.